The van der Waals surface area contributed by atoms with E-state index in [1.165, 1.54) is 0 Å². The minimum absolute atomic E-state index is 0.251. The van der Waals surface area contributed by atoms with Crippen LogP contribution in [0.15, 0.2) is 41.1 Å². The van der Waals surface area contributed by atoms with Crippen LogP contribution in [0, 0.1) is 0 Å². The Morgan fingerprint density at radius 3 is 3.05 bits per heavy atom. The van der Waals surface area contributed by atoms with Crippen molar-refractivity contribution in [1.82, 2.24) is 15.1 Å². The summed E-state index contributed by atoms with van der Waals surface area (Å²) in [6.07, 6.45) is 2.73. The Balaban J connectivity index is 1.79. The topological polar surface area (TPSA) is 61.0 Å². The molecule has 4 rings (SSSR count). The predicted molar refractivity (Wildman–Crippen MR) is 73.2 cm³/mol. The SMILES string of the molecule is c1cc(-c2nc(C3CCOC3)no2)c2cccnc2c1. The van der Waals surface area contributed by atoms with Gasteiger partial charge in [-0.3, -0.25) is 4.98 Å². The fourth-order valence-corrected chi connectivity index (χ4v) is 2.54. The molecule has 5 nitrogen and oxygen atoms in total. The van der Waals surface area contributed by atoms with Crippen LogP contribution in [0.5, 0.6) is 0 Å². The average molecular weight is 267 g/mol. The van der Waals surface area contributed by atoms with E-state index in [-0.39, 0.29) is 5.92 Å². The van der Waals surface area contributed by atoms with E-state index in [0.717, 1.165) is 35.3 Å². The second kappa shape index (κ2) is 4.68. The van der Waals surface area contributed by atoms with Crippen molar-refractivity contribution in [3.63, 3.8) is 0 Å². The first-order valence-electron chi connectivity index (χ1n) is 6.67. The number of hydrogen-bond acceptors (Lipinski definition) is 5. The van der Waals surface area contributed by atoms with Gasteiger partial charge >= 0.3 is 0 Å². The Hall–Kier alpha value is -2.27. The summed E-state index contributed by atoms with van der Waals surface area (Å²) < 4.78 is 10.8. The molecule has 1 aromatic carbocycles. The summed E-state index contributed by atoms with van der Waals surface area (Å²) in [6.45, 7) is 1.45. The number of fused-ring (bicyclic) bond motifs is 1. The molecule has 3 aromatic rings. The first kappa shape index (κ1) is 11.5. The normalized spacial score (nSPS) is 18.7. The largest absolute Gasteiger partial charge is 0.381 e. The van der Waals surface area contributed by atoms with E-state index < -0.39 is 0 Å². The van der Waals surface area contributed by atoms with Crippen molar-refractivity contribution in [1.29, 1.82) is 0 Å². The van der Waals surface area contributed by atoms with Crippen LogP contribution in [0.2, 0.25) is 0 Å². The number of rotatable bonds is 2. The average Bonchev–Trinajstić information content (AvgIpc) is 3.17. The van der Waals surface area contributed by atoms with Gasteiger partial charge in [-0.1, -0.05) is 17.3 Å². The van der Waals surface area contributed by atoms with Gasteiger partial charge in [0.2, 0.25) is 0 Å². The van der Waals surface area contributed by atoms with Crippen molar-refractivity contribution in [3.8, 4) is 11.5 Å². The number of hydrogen-bond donors (Lipinski definition) is 0. The monoisotopic (exact) mass is 267 g/mol. The van der Waals surface area contributed by atoms with Gasteiger partial charge in [-0.25, -0.2) is 0 Å². The highest BCUT2D eigenvalue weighted by molar-refractivity contribution is 5.92. The third kappa shape index (κ3) is 1.87. The van der Waals surface area contributed by atoms with Gasteiger partial charge in [0.15, 0.2) is 5.82 Å². The van der Waals surface area contributed by atoms with Crippen molar-refractivity contribution < 1.29 is 9.26 Å². The zero-order valence-electron chi connectivity index (χ0n) is 10.8. The molecule has 2 aromatic heterocycles. The second-order valence-electron chi connectivity index (χ2n) is 4.89. The first-order chi connectivity index (χ1) is 9.92. The van der Waals surface area contributed by atoms with Gasteiger partial charge in [0.05, 0.1) is 12.1 Å². The molecule has 0 bridgehead atoms. The molecule has 1 aliphatic rings. The second-order valence-corrected chi connectivity index (χ2v) is 4.89. The molecule has 0 amide bonds. The highest BCUT2D eigenvalue weighted by atomic mass is 16.5. The maximum atomic E-state index is 5.43. The van der Waals surface area contributed by atoms with Crippen molar-refractivity contribution in [3.05, 3.63) is 42.4 Å². The fraction of sp³-hybridized carbons (Fsp3) is 0.267. The van der Waals surface area contributed by atoms with Crippen molar-refractivity contribution in [2.24, 2.45) is 0 Å². The van der Waals surface area contributed by atoms with Crippen LogP contribution in [-0.4, -0.2) is 28.3 Å². The number of benzene rings is 1. The molecule has 20 heavy (non-hydrogen) atoms. The Kier molecular flexibility index (Phi) is 2.70. The van der Waals surface area contributed by atoms with Gasteiger partial charge in [-0.05, 0) is 24.6 Å². The van der Waals surface area contributed by atoms with Gasteiger partial charge in [0.25, 0.3) is 5.89 Å². The molecule has 0 N–H and O–H groups in total. The van der Waals surface area contributed by atoms with E-state index in [4.69, 9.17) is 9.26 Å². The predicted octanol–water partition coefficient (Wildman–Crippen LogP) is 2.79. The van der Waals surface area contributed by atoms with E-state index in [9.17, 15) is 0 Å². The van der Waals surface area contributed by atoms with Crippen LogP contribution < -0.4 is 0 Å². The Bertz CT molecular complexity index is 742. The van der Waals surface area contributed by atoms with Gasteiger partial charge in [-0.15, -0.1) is 0 Å². The standard InChI is InChI=1S/C15H13N3O2/c1-3-12(11-4-2-7-16-13(11)5-1)15-17-14(18-20-15)10-6-8-19-9-10/h1-5,7,10H,6,8-9H2. The molecule has 0 spiro atoms. The first-order valence-corrected chi connectivity index (χ1v) is 6.67. The molecule has 5 heteroatoms. The summed E-state index contributed by atoms with van der Waals surface area (Å²) in [5.41, 5.74) is 1.85. The lowest BCUT2D eigenvalue weighted by molar-refractivity contribution is 0.192. The van der Waals surface area contributed by atoms with Crippen molar-refractivity contribution in [2.45, 2.75) is 12.3 Å². The van der Waals surface area contributed by atoms with E-state index in [2.05, 4.69) is 15.1 Å². The molecule has 1 aliphatic heterocycles. The summed E-state index contributed by atoms with van der Waals surface area (Å²) >= 11 is 0. The van der Waals surface area contributed by atoms with Crippen LogP contribution >= 0.6 is 0 Å². The molecule has 3 heterocycles. The molecular weight excluding hydrogens is 254 g/mol. The lowest BCUT2D eigenvalue weighted by atomic mass is 10.1. The molecule has 1 atom stereocenters. The number of nitrogens with zero attached hydrogens (tertiary/aromatic N) is 3. The fourth-order valence-electron chi connectivity index (χ4n) is 2.54. The summed E-state index contributed by atoms with van der Waals surface area (Å²) in [5, 5.41) is 5.12. The molecule has 0 saturated carbocycles. The van der Waals surface area contributed by atoms with Gasteiger partial charge < -0.3 is 9.26 Å². The summed E-state index contributed by atoms with van der Waals surface area (Å²) in [7, 11) is 0. The maximum Gasteiger partial charge on any atom is 0.258 e. The van der Waals surface area contributed by atoms with E-state index in [1.54, 1.807) is 6.20 Å². The number of aromatic nitrogens is 3. The highest BCUT2D eigenvalue weighted by Gasteiger charge is 2.23. The Labute approximate surface area is 115 Å². The van der Waals surface area contributed by atoms with E-state index in [1.807, 2.05) is 30.3 Å². The van der Waals surface area contributed by atoms with Gasteiger partial charge in [0.1, 0.15) is 0 Å². The molecule has 0 aliphatic carbocycles. The molecule has 100 valence electrons. The smallest absolute Gasteiger partial charge is 0.258 e. The zero-order chi connectivity index (χ0) is 13.4. The molecular formula is C15H13N3O2. The third-order valence-corrected chi connectivity index (χ3v) is 3.61. The highest BCUT2D eigenvalue weighted by Crippen LogP contribution is 2.29. The van der Waals surface area contributed by atoms with Gasteiger partial charge in [0, 0.05) is 29.7 Å². The van der Waals surface area contributed by atoms with Crippen LogP contribution in [-0.2, 0) is 4.74 Å². The van der Waals surface area contributed by atoms with Crippen LogP contribution in [0.25, 0.3) is 22.4 Å². The quantitative estimate of drug-likeness (QED) is 0.714. The lowest BCUT2D eigenvalue weighted by Gasteiger charge is -2.01. The third-order valence-electron chi connectivity index (χ3n) is 3.61. The summed E-state index contributed by atoms with van der Waals surface area (Å²) in [4.78, 5) is 8.87. The maximum absolute atomic E-state index is 5.43. The number of ether oxygens (including phenoxy) is 1. The lowest BCUT2D eigenvalue weighted by Crippen LogP contribution is -1.99. The number of pyridine rings is 1. The summed E-state index contributed by atoms with van der Waals surface area (Å²) in [5.74, 6) is 1.53. The van der Waals surface area contributed by atoms with E-state index >= 15 is 0 Å². The molecule has 1 unspecified atom stereocenters. The molecule has 1 saturated heterocycles. The van der Waals surface area contributed by atoms with E-state index in [0.29, 0.717) is 12.5 Å². The van der Waals surface area contributed by atoms with Crippen molar-refractivity contribution in [2.75, 3.05) is 13.2 Å². The van der Waals surface area contributed by atoms with Crippen molar-refractivity contribution >= 4 is 10.9 Å². The van der Waals surface area contributed by atoms with Crippen LogP contribution in [0.4, 0.5) is 0 Å². The minimum atomic E-state index is 0.251. The Morgan fingerprint density at radius 2 is 2.15 bits per heavy atom. The zero-order valence-corrected chi connectivity index (χ0v) is 10.8. The Morgan fingerprint density at radius 1 is 1.15 bits per heavy atom. The summed E-state index contributed by atoms with van der Waals surface area (Å²) in [6, 6.07) is 9.83. The van der Waals surface area contributed by atoms with Crippen LogP contribution in [0.1, 0.15) is 18.2 Å². The molecule has 1 fully saturated rings. The minimum Gasteiger partial charge on any atom is -0.381 e. The van der Waals surface area contributed by atoms with Crippen LogP contribution in [0.3, 0.4) is 0 Å². The molecule has 0 radical (unpaired) electrons. The van der Waals surface area contributed by atoms with Gasteiger partial charge in [-0.2, -0.15) is 4.98 Å².